The summed E-state index contributed by atoms with van der Waals surface area (Å²) in [5, 5.41) is 1.27. The lowest BCUT2D eigenvalue weighted by Crippen LogP contribution is -2.22. The molecule has 2 aromatic heterocycles. The van der Waals surface area contributed by atoms with Crippen molar-refractivity contribution in [3.8, 4) is 0 Å². The van der Waals surface area contributed by atoms with Crippen LogP contribution in [0.5, 0.6) is 0 Å². The molecule has 3 aromatic rings. The van der Waals surface area contributed by atoms with Crippen LogP contribution in [0.25, 0.3) is 10.9 Å². The predicted octanol–water partition coefficient (Wildman–Crippen LogP) is 2.98. The highest BCUT2D eigenvalue weighted by molar-refractivity contribution is 5.79. The smallest absolute Gasteiger partial charge is 0.115 e. The largest absolute Gasteiger partial charge is 0.361 e. The number of aromatic amines is 1. The summed E-state index contributed by atoms with van der Waals surface area (Å²) in [5.41, 5.74) is 3.67. The lowest BCUT2D eigenvalue weighted by Gasteiger charge is -2.20. The van der Waals surface area contributed by atoms with Crippen molar-refractivity contribution in [3.05, 3.63) is 60.3 Å². The van der Waals surface area contributed by atoms with Gasteiger partial charge in [-0.05, 0) is 35.7 Å². The minimum atomic E-state index is 0.877. The Morgan fingerprint density at radius 2 is 1.85 bits per heavy atom. The third-order valence-corrected chi connectivity index (χ3v) is 3.49. The molecule has 2 heterocycles. The molecule has 0 saturated heterocycles. The normalized spacial score (nSPS) is 11.3. The molecule has 1 aromatic carbocycles. The van der Waals surface area contributed by atoms with Crippen molar-refractivity contribution >= 4 is 10.9 Å². The third-order valence-electron chi connectivity index (χ3n) is 3.49. The molecule has 0 aliphatic heterocycles. The summed E-state index contributed by atoms with van der Waals surface area (Å²) >= 11 is 0. The Morgan fingerprint density at radius 1 is 1.05 bits per heavy atom. The number of nitrogens with one attached hydrogen (secondary N) is 1. The van der Waals surface area contributed by atoms with Gasteiger partial charge in [0.15, 0.2) is 0 Å². The summed E-state index contributed by atoms with van der Waals surface area (Å²) in [5.74, 6) is 0. The summed E-state index contributed by atoms with van der Waals surface area (Å²) in [6.07, 6.45) is 7.31. The Labute approximate surface area is 118 Å². The fourth-order valence-corrected chi connectivity index (χ4v) is 2.41. The van der Waals surface area contributed by atoms with E-state index in [1.165, 1.54) is 16.5 Å². The SMILES string of the molecule is CCN(Cc1cncnc1)Cc1ccc2[nH]ccc2c1. The van der Waals surface area contributed by atoms with E-state index in [1.807, 2.05) is 18.6 Å². The number of rotatable bonds is 5. The maximum absolute atomic E-state index is 4.07. The standard InChI is InChI=1S/C16H18N4/c1-2-20(11-14-8-17-12-18-9-14)10-13-3-4-16-15(7-13)5-6-19-16/h3-9,12,19H,2,10-11H2,1H3. The highest BCUT2D eigenvalue weighted by Gasteiger charge is 2.06. The van der Waals surface area contributed by atoms with Crippen LogP contribution >= 0.6 is 0 Å². The molecule has 0 bridgehead atoms. The summed E-state index contributed by atoms with van der Waals surface area (Å²) < 4.78 is 0. The monoisotopic (exact) mass is 266 g/mol. The second-order valence-electron chi connectivity index (χ2n) is 4.95. The zero-order valence-electron chi connectivity index (χ0n) is 11.6. The molecule has 0 amide bonds. The molecule has 0 spiro atoms. The molecule has 0 atom stereocenters. The fourth-order valence-electron chi connectivity index (χ4n) is 2.41. The summed E-state index contributed by atoms with van der Waals surface area (Å²) in [4.78, 5) is 13.7. The van der Waals surface area contributed by atoms with Crippen molar-refractivity contribution in [2.75, 3.05) is 6.54 Å². The Bertz CT molecular complexity index is 675. The van der Waals surface area contributed by atoms with Gasteiger partial charge in [0.05, 0.1) is 0 Å². The quantitative estimate of drug-likeness (QED) is 0.772. The number of H-pyrrole nitrogens is 1. The van der Waals surface area contributed by atoms with Crippen molar-refractivity contribution in [2.45, 2.75) is 20.0 Å². The summed E-state index contributed by atoms with van der Waals surface area (Å²) in [6.45, 7) is 4.99. The van der Waals surface area contributed by atoms with Gasteiger partial charge in [0, 0.05) is 42.8 Å². The van der Waals surface area contributed by atoms with Crippen molar-refractivity contribution in [2.24, 2.45) is 0 Å². The highest BCUT2D eigenvalue weighted by atomic mass is 15.1. The van der Waals surface area contributed by atoms with E-state index in [2.05, 4.69) is 51.0 Å². The van der Waals surface area contributed by atoms with E-state index in [4.69, 9.17) is 0 Å². The minimum absolute atomic E-state index is 0.877. The van der Waals surface area contributed by atoms with Gasteiger partial charge in [-0.2, -0.15) is 0 Å². The van der Waals surface area contributed by atoms with Crippen LogP contribution in [0.4, 0.5) is 0 Å². The molecule has 0 unspecified atom stereocenters. The molecule has 20 heavy (non-hydrogen) atoms. The fraction of sp³-hybridized carbons (Fsp3) is 0.250. The maximum Gasteiger partial charge on any atom is 0.115 e. The van der Waals surface area contributed by atoms with E-state index in [1.54, 1.807) is 6.33 Å². The van der Waals surface area contributed by atoms with Crippen LogP contribution in [0, 0.1) is 0 Å². The maximum atomic E-state index is 4.07. The first kappa shape index (κ1) is 12.8. The Balaban J connectivity index is 1.73. The van der Waals surface area contributed by atoms with Gasteiger partial charge in [0.25, 0.3) is 0 Å². The van der Waals surface area contributed by atoms with Gasteiger partial charge in [0.2, 0.25) is 0 Å². The summed E-state index contributed by atoms with van der Waals surface area (Å²) in [7, 11) is 0. The van der Waals surface area contributed by atoms with Gasteiger partial charge >= 0.3 is 0 Å². The lowest BCUT2D eigenvalue weighted by molar-refractivity contribution is 0.271. The van der Waals surface area contributed by atoms with Crippen LogP contribution in [0.2, 0.25) is 0 Å². The van der Waals surface area contributed by atoms with E-state index < -0.39 is 0 Å². The molecule has 4 nitrogen and oxygen atoms in total. The molecule has 102 valence electrons. The molecule has 0 fully saturated rings. The Kier molecular flexibility index (Phi) is 3.74. The van der Waals surface area contributed by atoms with Crippen LogP contribution in [-0.4, -0.2) is 26.4 Å². The number of hydrogen-bond donors (Lipinski definition) is 1. The van der Waals surface area contributed by atoms with E-state index in [0.29, 0.717) is 0 Å². The van der Waals surface area contributed by atoms with Crippen LogP contribution in [-0.2, 0) is 13.1 Å². The number of nitrogens with zero attached hydrogens (tertiary/aromatic N) is 3. The average Bonchev–Trinajstić information content (AvgIpc) is 2.95. The van der Waals surface area contributed by atoms with Crippen LogP contribution in [0.1, 0.15) is 18.1 Å². The second kappa shape index (κ2) is 5.84. The van der Waals surface area contributed by atoms with Crippen LogP contribution in [0.3, 0.4) is 0 Å². The molecule has 1 N–H and O–H groups in total. The van der Waals surface area contributed by atoms with E-state index >= 15 is 0 Å². The molecular weight excluding hydrogens is 248 g/mol. The Morgan fingerprint density at radius 3 is 2.65 bits per heavy atom. The topological polar surface area (TPSA) is 44.8 Å². The zero-order valence-corrected chi connectivity index (χ0v) is 11.6. The van der Waals surface area contributed by atoms with Crippen LogP contribution in [0.15, 0.2) is 49.2 Å². The molecule has 0 saturated carbocycles. The van der Waals surface area contributed by atoms with E-state index in [0.717, 1.165) is 25.2 Å². The second-order valence-corrected chi connectivity index (χ2v) is 4.95. The number of benzene rings is 1. The van der Waals surface area contributed by atoms with Crippen LogP contribution < -0.4 is 0 Å². The number of aromatic nitrogens is 3. The average molecular weight is 266 g/mol. The molecule has 0 aliphatic rings. The van der Waals surface area contributed by atoms with Gasteiger partial charge in [-0.3, -0.25) is 4.90 Å². The number of fused-ring (bicyclic) bond motifs is 1. The van der Waals surface area contributed by atoms with Crippen molar-refractivity contribution < 1.29 is 0 Å². The molecule has 3 rings (SSSR count). The van der Waals surface area contributed by atoms with Crippen molar-refractivity contribution in [1.29, 1.82) is 0 Å². The highest BCUT2D eigenvalue weighted by Crippen LogP contribution is 2.16. The first-order valence-electron chi connectivity index (χ1n) is 6.87. The zero-order chi connectivity index (χ0) is 13.8. The van der Waals surface area contributed by atoms with E-state index in [-0.39, 0.29) is 0 Å². The van der Waals surface area contributed by atoms with E-state index in [9.17, 15) is 0 Å². The molecule has 0 aliphatic carbocycles. The third kappa shape index (κ3) is 2.86. The van der Waals surface area contributed by atoms with Gasteiger partial charge in [0.1, 0.15) is 6.33 Å². The van der Waals surface area contributed by atoms with Gasteiger partial charge < -0.3 is 4.98 Å². The van der Waals surface area contributed by atoms with Crippen molar-refractivity contribution in [3.63, 3.8) is 0 Å². The molecule has 0 radical (unpaired) electrons. The number of hydrogen-bond acceptors (Lipinski definition) is 3. The summed E-state index contributed by atoms with van der Waals surface area (Å²) in [6, 6.07) is 8.68. The minimum Gasteiger partial charge on any atom is -0.361 e. The molecular formula is C16H18N4. The first-order chi connectivity index (χ1) is 9.85. The lowest BCUT2D eigenvalue weighted by atomic mass is 10.1. The molecule has 4 heteroatoms. The van der Waals surface area contributed by atoms with Gasteiger partial charge in [-0.15, -0.1) is 0 Å². The van der Waals surface area contributed by atoms with Gasteiger partial charge in [-0.25, -0.2) is 9.97 Å². The predicted molar refractivity (Wildman–Crippen MR) is 80.1 cm³/mol. The Hall–Kier alpha value is -2.20. The first-order valence-corrected chi connectivity index (χ1v) is 6.87. The van der Waals surface area contributed by atoms with Gasteiger partial charge in [-0.1, -0.05) is 13.0 Å². The van der Waals surface area contributed by atoms with Crippen molar-refractivity contribution in [1.82, 2.24) is 19.9 Å².